The van der Waals surface area contributed by atoms with Crippen LogP contribution in [0.25, 0.3) is 11.0 Å². The third kappa shape index (κ3) is 3.18. The lowest BCUT2D eigenvalue weighted by molar-refractivity contribution is -0.131. The number of amides is 1. The third-order valence-electron chi connectivity index (χ3n) is 3.59. The number of hydrogen-bond donors (Lipinski definition) is 0. The molecule has 0 saturated carbocycles. The van der Waals surface area contributed by atoms with Gasteiger partial charge in [-0.1, -0.05) is 6.07 Å². The number of aromatic nitrogens is 2. The van der Waals surface area contributed by atoms with Crippen molar-refractivity contribution in [2.75, 3.05) is 13.1 Å². The quantitative estimate of drug-likeness (QED) is 0.769. The van der Waals surface area contributed by atoms with Crippen LogP contribution in [0.15, 0.2) is 18.2 Å². The predicted octanol–water partition coefficient (Wildman–Crippen LogP) is 3.17. The van der Waals surface area contributed by atoms with Gasteiger partial charge in [0.25, 0.3) is 0 Å². The van der Waals surface area contributed by atoms with Crippen molar-refractivity contribution in [3.63, 3.8) is 0 Å². The third-order valence-corrected chi connectivity index (χ3v) is 3.83. The Morgan fingerprint density at radius 3 is 2.71 bits per heavy atom. The Hall–Kier alpha value is -1.62. The Bertz CT molecular complexity index is 637. The number of rotatable bonds is 6. The maximum atomic E-state index is 13.8. The van der Waals surface area contributed by atoms with Gasteiger partial charge in [-0.05, 0) is 26.0 Å². The molecule has 0 fully saturated rings. The molecule has 0 spiro atoms. The molecular formula is C15H19ClFN3O. The second kappa shape index (κ2) is 6.89. The normalized spacial score (nSPS) is 11.0. The second-order valence-corrected chi connectivity index (χ2v) is 5.00. The molecule has 0 aliphatic rings. The van der Waals surface area contributed by atoms with Crippen molar-refractivity contribution in [1.29, 1.82) is 0 Å². The van der Waals surface area contributed by atoms with E-state index in [-0.39, 0.29) is 17.6 Å². The number of carbonyl (C=O) groups excluding carboxylic acids is 1. The van der Waals surface area contributed by atoms with Crippen LogP contribution < -0.4 is 0 Å². The number of para-hydroxylation sites is 1. The average molecular weight is 312 g/mol. The van der Waals surface area contributed by atoms with Crippen molar-refractivity contribution in [3.8, 4) is 0 Å². The summed E-state index contributed by atoms with van der Waals surface area (Å²) in [4.78, 5) is 18.1. The predicted molar refractivity (Wildman–Crippen MR) is 81.8 cm³/mol. The van der Waals surface area contributed by atoms with Gasteiger partial charge < -0.3 is 9.47 Å². The van der Waals surface area contributed by atoms with E-state index in [1.54, 1.807) is 17.0 Å². The minimum absolute atomic E-state index is 0.0822. The van der Waals surface area contributed by atoms with Gasteiger partial charge in [-0.2, -0.15) is 0 Å². The molecule has 0 atom stereocenters. The fraction of sp³-hybridized carbons (Fsp3) is 0.467. The molecule has 0 aliphatic carbocycles. The molecule has 0 saturated heterocycles. The SMILES string of the molecule is CCN(CC)C(=O)CCn1c(CCl)nc2c(F)cccc21. The maximum Gasteiger partial charge on any atom is 0.224 e. The van der Waals surface area contributed by atoms with Crippen LogP contribution >= 0.6 is 11.6 Å². The minimum atomic E-state index is -0.368. The number of nitrogens with zero attached hydrogens (tertiary/aromatic N) is 3. The first-order chi connectivity index (χ1) is 10.1. The Balaban J connectivity index is 2.25. The van der Waals surface area contributed by atoms with E-state index < -0.39 is 0 Å². The van der Waals surface area contributed by atoms with Gasteiger partial charge in [0.15, 0.2) is 5.82 Å². The summed E-state index contributed by atoms with van der Waals surface area (Å²) >= 11 is 5.89. The van der Waals surface area contributed by atoms with Crippen LogP contribution in [0.1, 0.15) is 26.1 Å². The van der Waals surface area contributed by atoms with E-state index in [0.717, 1.165) is 0 Å². The number of fused-ring (bicyclic) bond motifs is 1. The molecule has 0 N–H and O–H groups in total. The van der Waals surface area contributed by atoms with E-state index in [2.05, 4.69) is 4.98 Å². The Morgan fingerprint density at radius 2 is 2.10 bits per heavy atom. The highest BCUT2D eigenvalue weighted by molar-refractivity contribution is 6.16. The molecule has 2 rings (SSSR count). The van der Waals surface area contributed by atoms with Gasteiger partial charge in [0.2, 0.25) is 5.91 Å². The molecule has 0 bridgehead atoms. The highest BCUT2D eigenvalue weighted by Gasteiger charge is 2.15. The van der Waals surface area contributed by atoms with E-state index >= 15 is 0 Å². The standard InChI is InChI=1S/C15H19ClFN3O/c1-3-19(4-2)14(21)8-9-20-12-7-5-6-11(17)15(12)18-13(20)10-16/h5-7H,3-4,8-10H2,1-2H3. The molecule has 6 heteroatoms. The van der Waals surface area contributed by atoms with Crippen molar-refractivity contribution >= 4 is 28.5 Å². The van der Waals surface area contributed by atoms with E-state index in [4.69, 9.17) is 11.6 Å². The van der Waals surface area contributed by atoms with Gasteiger partial charge in [0, 0.05) is 26.1 Å². The molecule has 0 aliphatic heterocycles. The van der Waals surface area contributed by atoms with Gasteiger partial charge in [0.1, 0.15) is 11.3 Å². The molecule has 1 amide bonds. The first-order valence-electron chi connectivity index (χ1n) is 7.09. The molecular weight excluding hydrogens is 293 g/mol. The number of imidazole rings is 1. The fourth-order valence-electron chi connectivity index (χ4n) is 2.45. The smallest absolute Gasteiger partial charge is 0.224 e. The van der Waals surface area contributed by atoms with Crippen molar-refractivity contribution in [3.05, 3.63) is 29.8 Å². The first kappa shape index (κ1) is 15.8. The van der Waals surface area contributed by atoms with Crippen LogP contribution in [0.3, 0.4) is 0 Å². The molecule has 114 valence electrons. The van der Waals surface area contributed by atoms with E-state index in [1.807, 2.05) is 18.4 Å². The monoisotopic (exact) mass is 311 g/mol. The Morgan fingerprint density at radius 1 is 1.38 bits per heavy atom. The van der Waals surface area contributed by atoms with Crippen LogP contribution in [0, 0.1) is 5.82 Å². The minimum Gasteiger partial charge on any atom is -0.343 e. The molecule has 1 aromatic heterocycles. The van der Waals surface area contributed by atoms with Crippen LogP contribution in [-0.4, -0.2) is 33.4 Å². The lowest BCUT2D eigenvalue weighted by Crippen LogP contribution is -2.31. The summed E-state index contributed by atoms with van der Waals surface area (Å²) in [7, 11) is 0. The molecule has 1 aromatic carbocycles. The topological polar surface area (TPSA) is 38.1 Å². The average Bonchev–Trinajstić information content (AvgIpc) is 2.85. The van der Waals surface area contributed by atoms with Crippen molar-refractivity contribution in [2.24, 2.45) is 0 Å². The maximum absolute atomic E-state index is 13.8. The Labute approximate surface area is 128 Å². The molecule has 21 heavy (non-hydrogen) atoms. The summed E-state index contributed by atoms with van der Waals surface area (Å²) in [5, 5.41) is 0. The largest absolute Gasteiger partial charge is 0.343 e. The van der Waals surface area contributed by atoms with Gasteiger partial charge in [0.05, 0.1) is 11.4 Å². The molecule has 1 heterocycles. The van der Waals surface area contributed by atoms with Gasteiger partial charge in [-0.15, -0.1) is 11.6 Å². The number of aryl methyl sites for hydroxylation is 1. The number of benzene rings is 1. The van der Waals surface area contributed by atoms with Crippen LogP contribution in [0.2, 0.25) is 0 Å². The van der Waals surface area contributed by atoms with E-state index in [9.17, 15) is 9.18 Å². The number of alkyl halides is 1. The zero-order valence-electron chi connectivity index (χ0n) is 12.3. The zero-order valence-corrected chi connectivity index (χ0v) is 13.0. The summed E-state index contributed by atoms with van der Waals surface area (Å²) in [5.74, 6) is 0.490. The van der Waals surface area contributed by atoms with Crippen LogP contribution in [-0.2, 0) is 17.2 Å². The van der Waals surface area contributed by atoms with E-state index in [0.29, 0.717) is 42.9 Å². The summed E-state index contributed by atoms with van der Waals surface area (Å²) in [6.07, 6.45) is 0.355. The highest BCUT2D eigenvalue weighted by Crippen LogP contribution is 2.20. The Kier molecular flexibility index (Phi) is 5.17. The van der Waals surface area contributed by atoms with E-state index in [1.165, 1.54) is 6.07 Å². The first-order valence-corrected chi connectivity index (χ1v) is 7.63. The summed E-state index contributed by atoms with van der Waals surface area (Å²) in [6, 6.07) is 4.81. The van der Waals surface area contributed by atoms with Gasteiger partial charge >= 0.3 is 0 Å². The zero-order chi connectivity index (χ0) is 15.4. The molecule has 2 aromatic rings. The highest BCUT2D eigenvalue weighted by atomic mass is 35.5. The summed E-state index contributed by atoms with van der Waals surface area (Å²) in [5.41, 5.74) is 0.987. The summed E-state index contributed by atoms with van der Waals surface area (Å²) < 4.78 is 15.6. The summed E-state index contributed by atoms with van der Waals surface area (Å²) in [6.45, 7) is 5.74. The number of halogens is 2. The number of carbonyl (C=O) groups is 1. The lowest BCUT2D eigenvalue weighted by atomic mass is 10.3. The van der Waals surface area contributed by atoms with Crippen molar-refractivity contribution < 1.29 is 9.18 Å². The van der Waals surface area contributed by atoms with Gasteiger partial charge in [-0.25, -0.2) is 9.37 Å². The van der Waals surface area contributed by atoms with Crippen molar-refractivity contribution in [2.45, 2.75) is 32.7 Å². The van der Waals surface area contributed by atoms with Crippen molar-refractivity contribution in [1.82, 2.24) is 14.5 Å². The lowest BCUT2D eigenvalue weighted by Gasteiger charge is -2.19. The van der Waals surface area contributed by atoms with Gasteiger partial charge in [-0.3, -0.25) is 4.79 Å². The number of hydrogen-bond acceptors (Lipinski definition) is 2. The molecule has 4 nitrogen and oxygen atoms in total. The molecule has 0 radical (unpaired) electrons. The fourth-order valence-corrected chi connectivity index (χ4v) is 2.66. The second-order valence-electron chi connectivity index (χ2n) is 4.74. The van der Waals surface area contributed by atoms with Crippen LogP contribution in [0.5, 0.6) is 0 Å². The van der Waals surface area contributed by atoms with Crippen LogP contribution in [0.4, 0.5) is 4.39 Å². The molecule has 0 unspecified atom stereocenters.